The zero-order valence-electron chi connectivity index (χ0n) is 11.8. The Labute approximate surface area is 111 Å². The molecule has 0 spiro atoms. The summed E-state index contributed by atoms with van der Waals surface area (Å²) >= 11 is 0. The summed E-state index contributed by atoms with van der Waals surface area (Å²) in [6.45, 7) is 7.84. The number of anilines is 1. The highest BCUT2D eigenvalue weighted by molar-refractivity contribution is 5.53. The van der Waals surface area contributed by atoms with Gasteiger partial charge in [-0.25, -0.2) is 0 Å². The van der Waals surface area contributed by atoms with E-state index in [2.05, 4.69) is 48.3 Å². The molecule has 2 heteroatoms. The van der Waals surface area contributed by atoms with Crippen molar-refractivity contribution >= 4 is 5.69 Å². The molecule has 1 aromatic rings. The van der Waals surface area contributed by atoms with E-state index in [1.165, 1.54) is 43.5 Å². The molecular formula is C16H26N2. The Morgan fingerprint density at radius 2 is 1.94 bits per heavy atom. The molecule has 1 aromatic carbocycles. The number of hydrogen-bond acceptors (Lipinski definition) is 2. The molecular weight excluding hydrogens is 220 g/mol. The highest BCUT2D eigenvalue weighted by atomic mass is 15.1. The van der Waals surface area contributed by atoms with E-state index in [0.717, 1.165) is 13.1 Å². The van der Waals surface area contributed by atoms with Crippen LogP contribution in [0.4, 0.5) is 5.69 Å². The molecule has 0 saturated carbocycles. The number of hydrogen-bond donors (Lipinski definition) is 1. The minimum Gasteiger partial charge on any atom is -0.372 e. The molecule has 100 valence electrons. The summed E-state index contributed by atoms with van der Waals surface area (Å²) in [6, 6.07) is 9.57. The summed E-state index contributed by atoms with van der Waals surface area (Å²) < 4.78 is 0. The molecule has 1 fully saturated rings. The second-order valence-electron chi connectivity index (χ2n) is 5.15. The van der Waals surface area contributed by atoms with Crippen LogP contribution in [0.3, 0.4) is 0 Å². The van der Waals surface area contributed by atoms with Gasteiger partial charge in [-0.15, -0.1) is 0 Å². The predicted molar refractivity (Wildman–Crippen MR) is 79.3 cm³/mol. The van der Waals surface area contributed by atoms with Crippen LogP contribution in [0.25, 0.3) is 0 Å². The van der Waals surface area contributed by atoms with Gasteiger partial charge in [0.15, 0.2) is 0 Å². The summed E-state index contributed by atoms with van der Waals surface area (Å²) in [5, 5.41) is 3.65. The fourth-order valence-electron chi connectivity index (χ4n) is 2.92. The molecule has 1 atom stereocenters. The molecule has 0 bridgehead atoms. The Morgan fingerprint density at radius 3 is 2.61 bits per heavy atom. The SMILES string of the molecule is CCN(CC)c1ccccc1CC1CCCCN1. The molecule has 1 aliphatic heterocycles. The van der Waals surface area contributed by atoms with Gasteiger partial charge >= 0.3 is 0 Å². The number of piperidine rings is 1. The van der Waals surface area contributed by atoms with Crippen molar-refractivity contribution in [2.24, 2.45) is 0 Å². The molecule has 18 heavy (non-hydrogen) atoms. The highest BCUT2D eigenvalue weighted by Gasteiger charge is 2.16. The third-order valence-corrected chi connectivity index (χ3v) is 3.97. The van der Waals surface area contributed by atoms with Crippen LogP contribution in [-0.4, -0.2) is 25.7 Å². The van der Waals surface area contributed by atoms with E-state index < -0.39 is 0 Å². The third-order valence-electron chi connectivity index (χ3n) is 3.97. The first-order valence-corrected chi connectivity index (χ1v) is 7.41. The van der Waals surface area contributed by atoms with E-state index in [9.17, 15) is 0 Å². The number of nitrogens with one attached hydrogen (secondary N) is 1. The standard InChI is InChI=1S/C16H26N2/c1-3-18(4-2)16-11-6-5-9-14(16)13-15-10-7-8-12-17-15/h5-6,9,11,15,17H,3-4,7-8,10,12-13H2,1-2H3. The molecule has 2 rings (SSSR count). The van der Waals surface area contributed by atoms with Crippen LogP contribution in [0.15, 0.2) is 24.3 Å². The zero-order valence-corrected chi connectivity index (χ0v) is 11.8. The molecule has 0 aromatic heterocycles. The van der Waals surface area contributed by atoms with Crippen LogP contribution in [0.1, 0.15) is 38.7 Å². The van der Waals surface area contributed by atoms with Crippen molar-refractivity contribution in [2.75, 3.05) is 24.5 Å². The Bertz CT molecular complexity index is 352. The first kappa shape index (κ1) is 13.4. The van der Waals surface area contributed by atoms with Crippen LogP contribution in [0.2, 0.25) is 0 Å². The van der Waals surface area contributed by atoms with Gasteiger partial charge < -0.3 is 10.2 Å². The third kappa shape index (κ3) is 3.26. The monoisotopic (exact) mass is 246 g/mol. The van der Waals surface area contributed by atoms with E-state index >= 15 is 0 Å². The van der Waals surface area contributed by atoms with E-state index in [1.54, 1.807) is 0 Å². The Balaban J connectivity index is 2.10. The molecule has 0 amide bonds. The smallest absolute Gasteiger partial charge is 0.0399 e. The molecule has 0 radical (unpaired) electrons. The van der Waals surface area contributed by atoms with E-state index in [0.29, 0.717) is 6.04 Å². The summed E-state index contributed by atoms with van der Waals surface area (Å²) in [5.41, 5.74) is 2.93. The van der Waals surface area contributed by atoms with Crippen molar-refractivity contribution in [1.82, 2.24) is 5.32 Å². The summed E-state index contributed by atoms with van der Waals surface area (Å²) in [4.78, 5) is 2.46. The maximum Gasteiger partial charge on any atom is 0.0399 e. The van der Waals surface area contributed by atoms with E-state index in [1.807, 2.05) is 0 Å². The van der Waals surface area contributed by atoms with Crippen LogP contribution in [0, 0.1) is 0 Å². The van der Waals surface area contributed by atoms with Crippen LogP contribution in [-0.2, 0) is 6.42 Å². The highest BCUT2D eigenvalue weighted by Crippen LogP contribution is 2.23. The van der Waals surface area contributed by atoms with Gasteiger partial charge in [-0.1, -0.05) is 24.6 Å². The van der Waals surface area contributed by atoms with Crippen LogP contribution in [0.5, 0.6) is 0 Å². The van der Waals surface area contributed by atoms with Crippen molar-refractivity contribution in [3.8, 4) is 0 Å². The van der Waals surface area contributed by atoms with E-state index in [-0.39, 0.29) is 0 Å². The number of nitrogens with zero attached hydrogens (tertiary/aromatic N) is 1. The van der Waals surface area contributed by atoms with Gasteiger partial charge in [0.05, 0.1) is 0 Å². The first-order valence-electron chi connectivity index (χ1n) is 7.41. The minimum atomic E-state index is 0.676. The van der Waals surface area contributed by atoms with Crippen molar-refractivity contribution in [2.45, 2.75) is 45.6 Å². The Hall–Kier alpha value is -1.02. The van der Waals surface area contributed by atoms with Crippen molar-refractivity contribution in [1.29, 1.82) is 0 Å². The normalized spacial score (nSPS) is 19.8. The molecule has 2 nitrogen and oxygen atoms in total. The van der Waals surface area contributed by atoms with Gasteiger partial charge in [0.2, 0.25) is 0 Å². The lowest BCUT2D eigenvalue weighted by Gasteiger charge is -2.28. The second-order valence-corrected chi connectivity index (χ2v) is 5.15. The topological polar surface area (TPSA) is 15.3 Å². The van der Waals surface area contributed by atoms with Crippen molar-refractivity contribution in [3.05, 3.63) is 29.8 Å². The van der Waals surface area contributed by atoms with E-state index in [4.69, 9.17) is 0 Å². The van der Waals surface area contributed by atoms with Gasteiger partial charge in [0.25, 0.3) is 0 Å². The lowest BCUT2D eigenvalue weighted by molar-refractivity contribution is 0.399. The second kappa shape index (κ2) is 6.79. The number of para-hydroxylation sites is 1. The van der Waals surface area contributed by atoms with Gasteiger partial charge in [-0.05, 0) is 51.3 Å². The van der Waals surface area contributed by atoms with Crippen LogP contribution < -0.4 is 10.2 Å². The van der Waals surface area contributed by atoms with Gasteiger partial charge in [-0.3, -0.25) is 0 Å². The first-order chi connectivity index (χ1) is 8.85. The Morgan fingerprint density at radius 1 is 1.17 bits per heavy atom. The number of benzene rings is 1. The van der Waals surface area contributed by atoms with Crippen LogP contribution >= 0.6 is 0 Å². The Kier molecular flexibility index (Phi) is 5.06. The maximum absolute atomic E-state index is 3.65. The molecule has 1 aliphatic rings. The van der Waals surface area contributed by atoms with Crippen molar-refractivity contribution < 1.29 is 0 Å². The fourth-order valence-corrected chi connectivity index (χ4v) is 2.92. The van der Waals surface area contributed by atoms with Gasteiger partial charge in [0.1, 0.15) is 0 Å². The molecule has 0 aliphatic carbocycles. The molecule has 1 saturated heterocycles. The maximum atomic E-state index is 3.65. The lowest BCUT2D eigenvalue weighted by atomic mass is 9.96. The molecule has 1 heterocycles. The zero-order chi connectivity index (χ0) is 12.8. The average molecular weight is 246 g/mol. The molecule has 1 N–H and O–H groups in total. The summed E-state index contributed by atoms with van der Waals surface area (Å²) in [6.07, 6.45) is 5.22. The summed E-state index contributed by atoms with van der Waals surface area (Å²) in [5.74, 6) is 0. The minimum absolute atomic E-state index is 0.676. The molecule has 1 unspecified atom stereocenters. The van der Waals surface area contributed by atoms with Gasteiger partial charge in [0, 0.05) is 24.8 Å². The quantitative estimate of drug-likeness (QED) is 0.858. The van der Waals surface area contributed by atoms with Gasteiger partial charge in [-0.2, -0.15) is 0 Å². The summed E-state index contributed by atoms with van der Waals surface area (Å²) in [7, 11) is 0. The van der Waals surface area contributed by atoms with Crippen molar-refractivity contribution in [3.63, 3.8) is 0 Å². The fraction of sp³-hybridized carbons (Fsp3) is 0.625. The number of rotatable bonds is 5. The largest absolute Gasteiger partial charge is 0.372 e. The average Bonchev–Trinajstić information content (AvgIpc) is 2.43. The lowest BCUT2D eigenvalue weighted by Crippen LogP contribution is -2.36. The predicted octanol–water partition coefficient (Wildman–Crippen LogP) is 3.22.